The van der Waals surface area contributed by atoms with Crippen LogP contribution in [0.15, 0.2) is 60.7 Å². The maximum Gasteiger partial charge on any atom is 0.329 e. The van der Waals surface area contributed by atoms with Gasteiger partial charge in [0.15, 0.2) is 0 Å². The van der Waals surface area contributed by atoms with Crippen LogP contribution in [0.5, 0.6) is 0 Å². The standard InChI is InChI=1S/C22H27NO3/c24-21(25)17-26-16-15-23-13-11-20(12-14-23)22(18-7-3-1-4-8-18)19-9-5-2-6-10-19/h1-10,20,22H,11-17H2,(H,24,25). The molecule has 0 amide bonds. The molecule has 1 saturated heterocycles. The van der Waals surface area contributed by atoms with Gasteiger partial charge in [0.2, 0.25) is 0 Å². The molecule has 26 heavy (non-hydrogen) atoms. The largest absolute Gasteiger partial charge is 0.480 e. The molecule has 1 heterocycles. The first-order chi connectivity index (χ1) is 12.7. The van der Waals surface area contributed by atoms with Gasteiger partial charge in [-0.3, -0.25) is 0 Å². The second kappa shape index (κ2) is 9.51. The van der Waals surface area contributed by atoms with Gasteiger partial charge in [-0.2, -0.15) is 0 Å². The fraction of sp³-hybridized carbons (Fsp3) is 0.409. The molecule has 0 saturated carbocycles. The maximum absolute atomic E-state index is 10.5. The highest BCUT2D eigenvalue weighted by molar-refractivity contribution is 5.67. The Bertz CT molecular complexity index is 627. The van der Waals surface area contributed by atoms with Gasteiger partial charge in [0.05, 0.1) is 6.61 Å². The number of benzene rings is 2. The van der Waals surface area contributed by atoms with Crippen LogP contribution in [0.2, 0.25) is 0 Å². The van der Waals surface area contributed by atoms with Crippen LogP contribution in [0.1, 0.15) is 29.9 Å². The average molecular weight is 353 g/mol. The number of rotatable bonds is 8. The Morgan fingerprint density at radius 3 is 2.04 bits per heavy atom. The van der Waals surface area contributed by atoms with E-state index < -0.39 is 5.97 Å². The van der Waals surface area contributed by atoms with Crippen LogP contribution in [0, 0.1) is 5.92 Å². The molecule has 1 aliphatic heterocycles. The van der Waals surface area contributed by atoms with Crippen molar-refractivity contribution in [1.29, 1.82) is 0 Å². The van der Waals surface area contributed by atoms with Crippen molar-refractivity contribution in [2.45, 2.75) is 18.8 Å². The van der Waals surface area contributed by atoms with Crippen LogP contribution in [0.4, 0.5) is 0 Å². The molecule has 1 N–H and O–H groups in total. The van der Waals surface area contributed by atoms with E-state index >= 15 is 0 Å². The van der Waals surface area contributed by atoms with Crippen LogP contribution in [-0.2, 0) is 9.53 Å². The lowest BCUT2D eigenvalue weighted by Gasteiger charge is -2.36. The van der Waals surface area contributed by atoms with E-state index in [9.17, 15) is 4.79 Å². The summed E-state index contributed by atoms with van der Waals surface area (Å²) in [6, 6.07) is 21.6. The fourth-order valence-electron chi connectivity index (χ4n) is 3.92. The molecule has 0 aromatic heterocycles. The number of aliphatic carboxylic acids is 1. The molecule has 0 spiro atoms. The molecule has 4 heteroatoms. The molecule has 0 atom stereocenters. The minimum absolute atomic E-state index is 0.208. The molecule has 2 aromatic carbocycles. The summed E-state index contributed by atoms with van der Waals surface area (Å²) in [7, 11) is 0. The van der Waals surface area contributed by atoms with Gasteiger partial charge in [0.25, 0.3) is 0 Å². The molecule has 0 radical (unpaired) electrons. The number of ether oxygens (including phenoxy) is 1. The van der Waals surface area contributed by atoms with Gasteiger partial charge in [-0.15, -0.1) is 0 Å². The minimum Gasteiger partial charge on any atom is -0.480 e. The van der Waals surface area contributed by atoms with Gasteiger partial charge in [0.1, 0.15) is 6.61 Å². The summed E-state index contributed by atoms with van der Waals surface area (Å²) in [4.78, 5) is 12.9. The van der Waals surface area contributed by atoms with E-state index in [1.165, 1.54) is 11.1 Å². The SMILES string of the molecule is O=C(O)COCCN1CCC(C(c2ccccc2)c2ccccc2)CC1. The Morgan fingerprint density at radius 1 is 1.00 bits per heavy atom. The number of hydrogen-bond donors (Lipinski definition) is 1. The van der Waals surface area contributed by atoms with Gasteiger partial charge in [-0.05, 0) is 43.0 Å². The Morgan fingerprint density at radius 2 is 1.54 bits per heavy atom. The normalized spacial score (nSPS) is 16.0. The van der Waals surface area contributed by atoms with Crippen molar-refractivity contribution >= 4 is 5.97 Å². The van der Waals surface area contributed by atoms with Crippen LogP contribution >= 0.6 is 0 Å². The van der Waals surface area contributed by atoms with Crippen LogP contribution in [0.3, 0.4) is 0 Å². The Hall–Kier alpha value is -2.17. The third-order valence-corrected chi connectivity index (χ3v) is 5.20. The molecule has 1 aliphatic rings. The fourth-order valence-corrected chi connectivity index (χ4v) is 3.92. The predicted octanol–water partition coefficient (Wildman–Crippen LogP) is 3.63. The van der Waals surface area contributed by atoms with Crippen molar-refractivity contribution in [2.75, 3.05) is 32.8 Å². The second-order valence-electron chi connectivity index (χ2n) is 6.92. The van der Waals surface area contributed by atoms with Gasteiger partial charge < -0.3 is 14.7 Å². The lowest BCUT2D eigenvalue weighted by molar-refractivity contribution is -0.142. The quantitative estimate of drug-likeness (QED) is 0.736. The minimum atomic E-state index is -0.905. The zero-order valence-corrected chi connectivity index (χ0v) is 15.1. The average Bonchev–Trinajstić information content (AvgIpc) is 2.68. The van der Waals surface area contributed by atoms with E-state index in [0.717, 1.165) is 32.5 Å². The van der Waals surface area contributed by atoms with Crippen molar-refractivity contribution < 1.29 is 14.6 Å². The molecular formula is C22H27NO3. The number of likely N-dealkylation sites (tertiary alicyclic amines) is 1. The number of nitrogens with zero attached hydrogens (tertiary/aromatic N) is 1. The summed E-state index contributed by atoms with van der Waals surface area (Å²) in [5, 5.41) is 8.62. The first-order valence-corrected chi connectivity index (χ1v) is 9.36. The zero-order valence-electron chi connectivity index (χ0n) is 15.1. The number of hydrogen-bond acceptors (Lipinski definition) is 3. The molecule has 0 unspecified atom stereocenters. The van der Waals surface area contributed by atoms with Crippen molar-refractivity contribution in [2.24, 2.45) is 5.92 Å². The molecule has 3 rings (SSSR count). The van der Waals surface area contributed by atoms with Gasteiger partial charge in [-0.1, -0.05) is 60.7 Å². The molecule has 0 bridgehead atoms. The van der Waals surface area contributed by atoms with Crippen molar-refractivity contribution in [1.82, 2.24) is 4.90 Å². The summed E-state index contributed by atoms with van der Waals surface area (Å²) in [5.41, 5.74) is 2.78. The highest BCUT2D eigenvalue weighted by Crippen LogP contribution is 2.37. The maximum atomic E-state index is 10.5. The first kappa shape index (κ1) is 18.6. The Balaban J connectivity index is 1.60. The summed E-state index contributed by atoms with van der Waals surface area (Å²) in [5.74, 6) is 0.149. The smallest absolute Gasteiger partial charge is 0.329 e. The predicted molar refractivity (Wildman–Crippen MR) is 102 cm³/mol. The third-order valence-electron chi connectivity index (χ3n) is 5.20. The van der Waals surface area contributed by atoms with E-state index in [-0.39, 0.29) is 6.61 Å². The molecular weight excluding hydrogens is 326 g/mol. The molecule has 138 valence electrons. The van der Waals surface area contributed by atoms with Crippen LogP contribution in [0.25, 0.3) is 0 Å². The van der Waals surface area contributed by atoms with E-state index in [0.29, 0.717) is 18.4 Å². The summed E-state index contributed by atoms with van der Waals surface area (Å²) in [6.45, 7) is 3.16. The van der Waals surface area contributed by atoms with Crippen molar-refractivity contribution in [3.63, 3.8) is 0 Å². The highest BCUT2D eigenvalue weighted by atomic mass is 16.5. The Labute approximate surface area is 155 Å². The lowest BCUT2D eigenvalue weighted by atomic mass is 9.76. The van der Waals surface area contributed by atoms with Gasteiger partial charge >= 0.3 is 5.97 Å². The molecule has 1 fully saturated rings. The number of carboxylic acids is 1. The third kappa shape index (κ3) is 5.16. The lowest BCUT2D eigenvalue weighted by Crippen LogP contribution is -2.38. The number of piperidine rings is 1. The van der Waals surface area contributed by atoms with E-state index in [1.54, 1.807) is 0 Å². The number of carbonyl (C=O) groups is 1. The van der Waals surface area contributed by atoms with Gasteiger partial charge in [0, 0.05) is 12.5 Å². The highest BCUT2D eigenvalue weighted by Gasteiger charge is 2.28. The Kier molecular flexibility index (Phi) is 6.81. The summed E-state index contributed by atoms with van der Waals surface area (Å²) < 4.78 is 5.17. The van der Waals surface area contributed by atoms with E-state index in [4.69, 9.17) is 9.84 Å². The molecule has 4 nitrogen and oxygen atoms in total. The van der Waals surface area contributed by atoms with E-state index in [1.807, 2.05) is 0 Å². The van der Waals surface area contributed by atoms with Crippen LogP contribution < -0.4 is 0 Å². The monoisotopic (exact) mass is 353 g/mol. The molecule has 2 aromatic rings. The van der Waals surface area contributed by atoms with Crippen molar-refractivity contribution in [3.8, 4) is 0 Å². The van der Waals surface area contributed by atoms with Crippen LogP contribution in [-0.4, -0.2) is 48.8 Å². The number of carboxylic acid groups (broad SMARTS) is 1. The zero-order chi connectivity index (χ0) is 18.2. The van der Waals surface area contributed by atoms with Gasteiger partial charge in [-0.25, -0.2) is 4.79 Å². The second-order valence-corrected chi connectivity index (χ2v) is 6.92. The molecule has 0 aliphatic carbocycles. The first-order valence-electron chi connectivity index (χ1n) is 9.36. The summed E-state index contributed by atoms with van der Waals surface area (Å²) >= 11 is 0. The summed E-state index contributed by atoms with van der Waals surface area (Å²) in [6.07, 6.45) is 2.29. The topological polar surface area (TPSA) is 49.8 Å². The van der Waals surface area contributed by atoms with Crippen molar-refractivity contribution in [3.05, 3.63) is 71.8 Å². The van der Waals surface area contributed by atoms with E-state index in [2.05, 4.69) is 65.6 Å².